The predicted octanol–water partition coefficient (Wildman–Crippen LogP) is 6.10. The summed E-state index contributed by atoms with van der Waals surface area (Å²) < 4.78 is 5.40. The highest BCUT2D eigenvalue weighted by Crippen LogP contribution is 2.43. The number of furan rings is 1. The zero-order valence-corrected chi connectivity index (χ0v) is 19.1. The average molecular weight is 457 g/mol. The lowest BCUT2D eigenvalue weighted by Crippen LogP contribution is -2.48. The smallest absolute Gasteiger partial charge is 0.294 e. The Balaban J connectivity index is 1.57. The normalized spacial score (nSPS) is 17.4. The summed E-state index contributed by atoms with van der Waals surface area (Å²) in [7, 11) is 0. The van der Waals surface area contributed by atoms with Gasteiger partial charge in [0.15, 0.2) is 5.76 Å². The van der Waals surface area contributed by atoms with Gasteiger partial charge in [-0.25, -0.2) is 0 Å². The molecule has 0 spiro atoms. The van der Waals surface area contributed by atoms with Crippen LogP contribution >= 0.6 is 11.3 Å². The molecule has 2 aromatic carbocycles. The van der Waals surface area contributed by atoms with E-state index < -0.39 is 0 Å². The number of carbonyl (C=O) groups excluding carboxylic acids is 2. The van der Waals surface area contributed by atoms with E-state index in [1.807, 2.05) is 83.9 Å². The van der Waals surface area contributed by atoms with Crippen molar-refractivity contribution in [2.75, 3.05) is 9.80 Å². The standard InChI is InChI=1S/C27H24N2O3S/c1-19-17-24(22-12-5-6-13-23(22)28(19)27(31)25-14-7-15-32-25)29(20-9-3-2-4-10-20)26(30)18-21-11-8-16-33-21/h2-16,19,24H,17-18H2,1H3/t19-,24-/m1/s1. The van der Waals surface area contributed by atoms with Gasteiger partial charge in [0.2, 0.25) is 5.91 Å². The second-order valence-electron chi connectivity index (χ2n) is 8.17. The molecular weight excluding hydrogens is 432 g/mol. The van der Waals surface area contributed by atoms with Crippen LogP contribution in [0.3, 0.4) is 0 Å². The van der Waals surface area contributed by atoms with E-state index in [0.29, 0.717) is 18.6 Å². The van der Waals surface area contributed by atoms with E-state index in [0.717, 1.165) is 21.8 Å². The van der Waals surface area contributed by atoms with Crippen molar-refractivity contribution in [1.82, 2.24) is 0 Å². The number of thiophene rings is 1. The van der Waals surface area contributed by atoms with E-state index in [2.05, 4.69) is 0 Å². The molecule has 0 aliphatic carbocycles. The molecule has 0 unspecified atom stereocenters. The molecule has 5 nitrogen and oxygen atoms in total. The van der Waals surface area contributed by atoms with E-state index >= 15 is 0 Å². The van der Waals surface area contributed by atoms with E-state index in [1.165, 1.54) is 6.26 Å². The summed E-state index contributed by atoms with van der Waals surface area (Å²) in [6.45, 7) is 2.02. The fraction of sp³-hybridized carbons (Fsp3) is 0.185. The zero-order valence-electron chi connectivity index (χ0n) is 18.3. The molecule has 33 heavy (non-hydrogen) atoms. The summed E-state index contributed by atoms with van der Waals surface area (Å²) >= 11 is 1.59. The van der Waals surface area contributed by atoms with Gasteiger partial charge in [-0.05, 0) is 60.7 Å². The molecule has 1 aliphatic rings. The summed E-state index contributed by atoms with van der Waals surface area (Å²) in [5, 5.41) is 1.99. The number of fused-ring (bicyclic) bond motifs is 1. The molecule has 0 saturated heterocycles. The predicted molar refractivity (Wildman–Crippen MR) is 131 cm³/mol. The number of benzene rings is 2. The Kier molecular flexibility index (Phi) is 5.84. The molecule has 0 fully saturated rings. The Hall–Kier alpha value is -3.64. The van der Waals surface area contributed by atoms with Crippen molar-refractivity contribution in [3.63, 3.8) is 0 Å². The summed E-state index contributed by atoms with van der Waals surface area (Å²) in [6, 6.07) is 24.7. The van der Waals surface area contributed by atoms with E-state index in [1.54, 1.807) is 28.4 Å². The Morgan fingerprint density at radius 2 is 1.79 bits per heavy atom. The van der Waals surface area contributed by atoms with Crippen LogP contribution in [0.5, 0.6) is 0 Å². The van der Waals surface area contributed by atoms with Crippen molar-refractivity contribution in [3.05, 3.63) is 107 Å². The lowest BCUT2D eigenvalue weighted by Gasteiger charge is -2.43. The quantitative estimate of drug-likeness (QED) is 0.365. The third-order valence-corrected chi connectivity index (χ3v) is 6.91. The monoisotopic (exact) mass is 456 g/mol. The van der Waals surface area contributed by atoms with Crippen LogP contribution in [0.2, 0.25) is 0 Å². The minimum atomic E-state index is -0.188. The number of anilines is 2. The Morgan fingerprint density at radius 3 is 2.52 bits per heavy atom. The Bertz CT molecular complexity index is 1240. The van der Waals surface area contributed by atoms with E-state index in [-0.39, 0.29) is 23.9 Å². The van der Waals surface area contributed by atoms with Gasteiger partial charge in [-0.3, -0.25) is 9.59 Å². The number of carbonyl (C=O) groups is 2. The second-order valence-corrected chi connectivity index (χ2v) is 9.20. The third kappa shape index (κ3) is 4.10. The number of hydrogen-bond acceptors (Lipinski definition) is 4. The van der Waals surface area contributed by atoms with Crippen LogP contribution in [0.15, 0.2) is 94.9 Å². The van der Waals surface area contributed by atoms with Crippen LogP contribution in [0.1, 0.15) is 40.4 Å². The van der Waals surface area contributed by atoms with Gasteiger partial charge in [-0.15, -0.1) is 11.3 Å². The van der Waals surface area contributed by atoms with Gasteiger partial charge in [0, 0.05) is 22.3 Å². The molecule has 166 valence electrons. The number of rotatable bonds is 5. The van der Waals surface area contributed by atoms with Crippen molar-refractivity contribution >= 4 is 34.5 Å². The molecule has 1 aliphatic heterocycles. The van der Waals surface area contributed by atoms with Gasteiger partial charge in [0.1, 0.15) is 0 Å². The van der Waals surface area contributed by atoms with Gasteiger partial charge < -0.3 is 14.2 Å². The molecule has 6 heteroatoms. The van der Waals surface area contributed by atoms with Crippen molar-refractivity contribution in [3.8, 4) is 0 Å². The molecule has 2 aromatic heterocycles. The molecule has 2 amide bonds. The fourth-order valence-corrected chi connectivity index (χ4v) is 5.28. The van der Waals surface area contributed by atoms with Crippen molar-refractivity contribution in [2.24, 2.45) is 0 Å². The lowest BCUT2D eigenvalue weighted by atomic mass is 9.89. The zero-order chi connectivity index (χ0) is 22.8. The van der Waals surface area contributed by atoms with Crippen molar-refractivity contribution < 1.29 is 14.0 Å². The first kappa shape index (κ1) is 21.2. The van der Waals surface area contributed by atoms with Gasteiger partial charge >= 0.3 is 0 Å². The number of para-hydroxylation sites is 2. The first-order valence-corrected chi connectivity index (χ1v) is 11.9. The molecule has 0 radical (unpaired) electrons. The Morgan fingerprint density at radius 1 is 1.00 bits per heavy atom. The molecule has 0 N–H and O–H groups in total. The summed E-state index contributed by atoms with van der Waals surface area (Å²) in [5.41, 5.74) is 2.63. The van der Waals surface area contributed by atoms with E-state index in [9.17, 15) is 9.59 Å². The maximum absolute atomic E-state index is 13.7. The van der Waals surface area contributed by atoms with Gasteiger partial charge in [0.05, 0.1) is 18.7 Å². The molecular formula is C27H24N2O3S. The van der Waals surface area contributed by atoms with Crippen LogP contribution in [0, 0.1) is 0 Å². The van der Waals surface area contributed by atoms with Crippen molar-refractivity contribution in [1.29, 1.82) is 0 Å². The fourth-order valence-electron chi connectivity index (χ4n) is 4.59. The highest BCUT2D eigenvalue weighted by molar-refractivity contribution is 7.10. The maximum Gasteiger partial charge on any atom is 0.294 e. The molecule has 0 saturated carbocycles. The van der Waals surface area contributed by atoms with Gasteiger partial charge in [0.25, 0.3) is 5.91 Å². The van der Waals surface area contributed by atoms with Crippen LogP contribution in [-0.2, 0) is 11.2 Å². The van der Waals surface area contributed by atoms with Crippen LogP contribution < -0.4 is 9.80 Å². The van der Waals surface area contributed by atoms with Crippen LogP contribution in [0.4, 0.5) is 11.4 Å². The topological polar surface area (TPSA) is 53.8 Å². The Labute approximate surface area is 196 Å². The first-order valence-electron chi connectivity index (χ1n) is 11.0. The largest absolute Gasteiger partial charge is 0.459 e. The SMILES string of the molecule is C[C@@H]1C[C@@H](N(C(=O)Cc2cccs2)c2ccccc2)c2ccccc2N1C(=O)c1ccco1. The van der Waals surface area contributed by atoms with Crippen LogP contribution in [-0.4, -0.2) is 17.9 Å². The molecule has 5 rings (SSSR count). The van der Waals surface area contributed by atoms with Gasteiger partial charge in [-0.2, -0.15) is 0 Å². The summed E-state index contributed by atoms with van der Waals surface area (Å²) in [6.07, 6.45) is 2.47. The van der Waals surface area contributed by atoms with E-state index in [4.69, 9.17) is 4.42 Å². The molecule has 4 aromatic rings. The molecule has 3 heterocycles. The summed E-state index contributed by atoms with van der Waals surface area (Å²) in [4.78, 5) is 31.7. The average Bonchev–Trinajstić information content (AvgIpc) is 3.54. The number of amides is 2. The second kappa shape index (κ2) is 9.08. The third-order valence-electron chi connectivity index (χ3n) is 6.03. The summed E-state index contributed by atoms with van der Waals surface area (Å²) in [5.74, 6) is 0.180. The molecule has 0 bridgehead atoms. The minimum absolute atomic E-state index is 0.0430. The first-order chi connectivity index (χ1) is 16.1. The molecule has 2 atom stereocenters. The number of hydrogen-bond donors (Lipinski definition) is 0. The van der Waals surface area contributed by atoms with Gasteiger partial charge in [-0.1, -0.05) is 42.5 Å². The number of nitrogens with zero attached hydrogens (tertiary/aromatic N) is 2. The lowest BCUT2D eigenvalue weighted by molar-refractivity contribution is -0.118. The highest BCUT2D eigenvalue weighted by Gasteiger charge is 2.39. The minimum Gasteiger partial charge on any atom is -0.459 e. The van der Waals surface area contributed by atoms with Crippen LogP contribution in [0.25, 0.3) is 0 Å². The highest BCUT2D eigenvalue weighted by atomic mass is 32.1. The van der Waals surface area contributed by atoms with Crippen molar-refractivity contribution in [2.45, 2.75) is 31.8 Å². The maximum atomic E-state index is 13.7.